The Kier molecular flexibility index (Phi) is 5.22. The highest BCUT2D eigenvalue weighted by molar-refractivity contribution is 6.04. The number of benzene rings is 1. The lowest BCUT2D eigenvalue weighted by molar-refractivity contribution is 0.0624. The largest absolute Gasteiger partial charge is 0.395 e. The molecule has 0 saturated carbocycles. The predicted octanol–water partition coefficient (Wildman–Crippen LogP) is 2.25. The van der Waals surface area contributed by atoms with Crippen molar-refractivity contribution in [1.29, 1.82) is 0 Å². The maximum atomic E-state index is 12.9. The minimum absolute atomic E-state index is 0.0430. The second kappa shape index (κ2) is 7.13. The van der Waals surface area contributed by atoms with Crippen molar-refractivity contribution in [3.8, 4) is 0 Å². The number of nitrogens with zero attached hydrogens (tertiary/aromatic N) is 3. The summed E-state index contributed by atoms with van der Waals surface area (Å²) in [7, 11) is 0. The molecule has 0 fully saturated rings. The summed E-state index contributed by atoms with van der Waals surface area (Å²) in [5.41, 5.74) is 1.86. The van der Waals surface area contributed by atoms with Crippen LogP contribution >= 0.6 is 0 Å². The standard InChI is InChI=1S/C16H21N3O2/c1-3-12(4-2)19(10-11-20)16(21)13-6-5-7-14-15(13)18-9-8-17-14/h5-9,12,20H,3-4,10-11H2,1-2H3. The molecule has 2 rings (SSSR count). The summed E-state index contributed by atoms with van der Waals surface area (Å²) in [5.74, 6) is -0.0937. The Labute approximate surface area is 124 Å². The molecule has 1 amide bonds. The number of hydrogen-bond acceptors (Lipinski definition) is 4. The summed E-state index contributed by atoms with van der Waals surface area (Å²) in [5, 5.41) is 9.26. The van der Waals surface area contributed by atoms with E-state index in [-0.39, 0.29) is 18.6 Å². The van der Waals surface area contributed by atoms with Crippen LogP contribution in [0.25, 0.3) is 11.0 Å². The third-order valence-electron chi connectivity index (χ3n) is 3.71. The van der Waals surface area contributed by atoms with Crippen LogP contribution in [0.15, 0.2) is 30.6 Å². The normalized spacial score (nSPS) is 11.0. The van der Waals surface area contributed by atoms with Crippen molar-refractivity contribution in [2.75, 3.05) is 13.2 Å². The lowest BCUT2D eigenvalue weighted by Gasteiger charge is -2.30. The van der Waals surface area contributed by atoms with Gasteiger partial charge < -0.3 is 10.0 Å². The summed E-state index contributed by atoms with van der Waals surface area (Å²) in [6.45, 7) is 4.39. The van der Waals surface area contributed by atoms with Crippen LogP contribution < -0.4 is 0 Å². The number of fused-ring (bicyclic) bond motifs is 1. The molecule has 0 saturated heterocycles. The fourth-order valence-corrected chi connectivity index (χ4v) is 2.61. The summed E-state index contributed by atoms with van der Waals surface area (Å²) in [6, 6.07) is 5.55. The van der Waals surface area contributed by atoms with Crippen molar-refractivity contribution < 1.29 is 9.90 Å². The van der Waals surface area contributed by atoms with E-state index in [1.165, 1.54) is 0 Å². The van der Waals surface area contributed by atoms with Crippen molar-refractivity contribution in [3.63, 3.8) is 0 Å². The van der Waals surface area contributed by atoms with E-state index in [9.17, 15) is 9.90 Å². The van der Waals surface area contributed by atoms with E-state index in [4.69, 9.17) is 0 Å². The zero-order chi connectivity index (χ0) is 15.2. The molecule has 2 aromatic rings. The van der Waals surface area contributed by atoms with Crippen molar-refractivity contribution in [3.05, 3.63) is 36.2 Å². The Balaban J connectivity index is 2.43. The van der Waals surface area contributed by atoms with Gasteiger partial charge in [0.15, 0.2) is 0 Å². The van der Waals surface area contributed by atoms with Crippen LogP contribution in [0.1, 0.15) is 37.0 Å². The SMILES string of the molecule is CCC(CC)N(CCO)C(=O)c1cccc2nccnc12. The molecule has 5 heteroatoms. The highest BCUT2D eigenvalue weighted by Gasteiger charge is 2.23. The maximum absolute atomic E-state index is 12.9. The van der Waals surface area contributed by atoms with Crippen molar-refractivity contribution in [2.45, 2.75) is 32.7 Å². The average Bonchev–Trinajstić information content (AvgIpc) is 2.54. The number of para-hydroxylation sites is 1. The molecule has 0 aliphatic heterocycles. The second-order valence-electron chi connectivity index (χ2n) is 4.92. The molecule has 1 aromatic heterocycles. The molecule has 0 aliphatic carbocycles. The second-order valence-corrected chi connectivity index (χ2v) is 4.92. The fraction of sp³-hybridized carbons (Fsp3) is 0.438. The molecule has 112 valence electrons. The van der Waals surface area contributed by atoms with Gasteiger partial charge in [-0.1, -0.05) is 19.9 Å². The third kappa shape index (κ3) is 3.19. The average molecular weight is 287 g/mol. The van der Waals surface area contributed by atoms with Gasteiger partial charge in [-0.3, -0.25) is 14.8 Å². The number of aliphatic hydroxyl groups excluding tert-OH is 1. The number of carbonyl (C=O) groups excluding carboxylic acids is 1. The lowest BCUT2D eigenvalue weighted by atomic mass is 10.1. The first kappa shape index (κ1) is 15.4. The molecule has 0 bridgehead atoms. The lowest BCUT2D eigenvalue weighted by Crippen LogP contribution is -2.41. The topological polar surface area (TPSA) is 66.3 Å². The number of aliphatic hydroxyl groups is 1. The van der Waals surface area contributed by atoms with Crippen molar-refractivity contribution in [1.82, 2.24) is 14.9 Å². The van der Waals surface area contributed by atoms with Crippen LogP contribution in [0.4, 0.5) is 0 Å². The van der Waals surface area contributed by atoms with Crippen molar-refractivity contribution in [2.24, 2.45) is 0 Å². The Hall–Kier alpha value is -2.01. The van der Waals surface area contributed by atoms with Gasteiger partial charge in [-0.2, -0.15) is 0 Å². The maximum Gasteiger partial charge on any atom is 0.256 e. The van der Waals surface area contributed by atoms with Gasteiger partial charge in [0.25, 0.3) is 5.91 Å². The Morgan fingerprint density at radius 2 is 1.95 bits per heavy atom. The first-order chi connectivity index (χ1) is 10.2. The molecule has 0 radical (unpaired) electrons. The van der Waals surface area contributed by atoms with Gasteiger partial charge in [-0.15, -0.1) is 0 Å². The predicted molar refractivity (Wildman–Crippen MR) is 82.0 cm³/mol. The molecule has 1 N–H and O–H groups in total. The Morgan fingerprint density at radius 3 is 2.62 bits per heavy atom. The quantitative estimate of drug-likeness (QED) is 0.885. The van der Waals surface area contributed by atoms with Crippen LogP contribution in [0, 0.1) is 0 Å². The Bertz CT molecular complexity index is 606. The number of amides is 1. The van der Waals surface area contributed by atoms with Crippen LogP contribution in [-0.4, -0.2) is 45.1 Å². The molecular weight excluding hydrogens is 266 g/mol. The fourth-order valence-electron chi connectivity index (χ4n) is 2.61. The number of hydrogen-bond donors (Lipinski definition) is 1. The first-order valence-electron chi connectivity index (χ1n) is 7.34. The van der Waals surface area contributed by atoms with Gasteiger partial charge in [0.1, 0.15) is 5.52 Å². The molecule has 5 nitrogen and oxygen atoms in total. The highest BCUT2D eigenvalue weighted by atomic mass is 16.3. The summed E-state index contributed by atoms with van der Waals surface area (Å²) < 4.78 is 0. The van der Waals surface area contributed by atoms with E-state index < -0.39 is 0 Å². The summed E-state index contributed by atoms with van der Waals surface area (Å²) in [4.78, 5) is 23.1. The molecular formula is C16H21N3O2. The molecule has 21 heavy (non-hydrogen) atoms. The van der Waals surface area contributed by atoms with Crippen LogP contribution in [0.3, 0.4) is 0 Å². The van der Waals surface area contributed by atoms with E-state index >= 15 is 0 Å². The molecule has 0 unspecified atom stereocenters. The van der Waals surface area contributed by atoms with Crippen LogP contribution in [0.5, 0.6) is 0 Å². The van der Waals surface area contributed by atoms with Gasteiger partial charge in [0, 0.05) is 25.0 Å². The van der Waals surface area contributed by atoms with Crippen LogP contribution in [0.2, 0.25) is 0 Å². The van der Waals surface area contributed by atoms with Gasteiger partial charge >= 0.3 is 0 Å². The summed E-state index contributed by atoms with van der Waals surface area (Å²) in [6.07, 6.45) is 4.92. The van der Waals surface area contributed by atoms with Gasteiger partial charge in [0.2, 0.25) is 0 Å². The molecule has 0 aliphatic rings. The number of carbonyl (C=O) groups is 1. The Morgan fingerprint density at radius 1 is 1.24 bits per heavy atom. The third-order valence-corrected chi connectivity index (χ3v) is 3.71. The molecule has 0 spiro atoms. The van der Waals surface area contributed by atoms with Gasteiger partial charge in [0.05, 0.1) is 17.7 Å². The van der Waals surface area contributed by atoms with E-state index in [0.717, 1.165) is 12.8 Å². The molecule has 0 atom stereocenters. The van der Waals surface area contributed by atoms with E-state index in [1.807, 2.05) is 12.1 Å². The van der Waals surface area contributed by atoms with Gasteiger partial charge in [-0.05, 0) is 25.0 Å². The zero-order valence-corrected chi connectivity index (χ0v) is 12.5. The minimum Gasteiger partial charge on any atom is -0.395 e. The van der Waals surface area contributed by atoms with E-state index in [0.29, 0.717) is 23.1 Å². The summed E-state index contributed by atoms with van der Waals surface area (Å²) >= 11 is 0. The van der Waals surface area contributed by atoms with Crippen LogP contribution in [-0.2, 0) is 0 Å². The van der Waals surface area contributed by atoms with Crippen molar-refractivity contribution >= 4 is 16.9 Å². The number of rotatable bonds is 6. The smallest absolute Gasteiger partial charge is 0.256 e. The molecule has 1 heterocycles. The molecule has 1 aromatic carbocycles. The van der Waals surface area contributed by atoms with E-state index in [2.05, 4.69) is 23.8 Å². The van der Waals surface area contributed by atoms with Gasteiger partial charge in [-0.25, -0.2) is 0 Å². The highest BCUT2D eigenvalue weighted by Crippen LogP contribution is 2.19. The van der Waals surface area contributed by atoms with E-state index in [1.54, 1.807) is 23.4 Å². The number of aromatic nitrogens is 2. The minimum atomic E-state index is -0.0937. The zero-order valence-electron chi connectivity index (χ0n) is 12.5. The monoisotopic (exact) mass is 287 g/mol. The first-order valence-corrected chi connectivity index (χ1v) is 7.34.